The minimum Gasteiger partial charge on any atom is -0.326 e. The third-order valence-corrected chi connectivity index (χ3v) is 4.29. The van der Waals surface area contributed by atoms with E-state index in [2.05, 4.69) is 53.9 Å². The van der Waals surface area contributed by atoms with Crippen molar-refractivity contribution in [3.63, 3.8) is 0 Å². The van der Waals surface area contributed by atoms with E-state index in [0.717, 1.165) is 18.2 Å². The van der Waals surface area contributed by atoms with Crippen LogP contribution < -0.4 is 5.73 Å². The summed E-state index contributed by atoms with van der Waals surface area (Å²) >= 11 is 2.07. The van der Waals surface area contributed by atoms with Crippen molar-refractivity contribution in [3.05, 3.63) is 35.9 Å². The van der Waals surface area contributed by atoms with Crippen LogP contribution in [0, 0.1) is 0 Å². The molecule has 2 nitrogen and oxygen atoms in total. The van der Waals surface area contributed by atoms with E-state index in [-0.39, 0.29) is 6.04 Å². The van der Waals surface area contributed by atoms with E-state index in [4.69, 9.17) is 5.73 Å². The van der Waals surface area contributed by atoms with Crippen LogP contribution in [0.25, 0.3) is 0 Å². The van der Waals surface area contributed by atoms with Crippen LogP contribution in [0.1, 0.15) is 12.5 Å². The second kappa shape index (κ2) is 6.43. The molecule has 1 aromatic carbocycles. The van der Waals surface area contributed by atoms with Gasteiger partial charge in [0.1, 0.15) is 0 Å². The lowest BCUT2D eigenvalue weighted by atomic mass is 10.1. The van der Waals surface area contributed by atoms with Crippen LogP contribution in [0.15, 0.2) is 30.3 Å². The van der Waals surface area contributed by atoms with E-state index in [1.165, 1.54) is 24.4 Å². The second-order valence-corrected chi connectivity index (χ2v) is 6.44. The summed E-state index contributed by atoms with van der Waals surface area (Å²) in [6, 6.07) is 10.8. The van der Waals surface area contributed by atoms with Crippen molar-refractivity contribution in [1.82, 2.24) is 4.90 Å². The molecule has 0 amide bonds. The van der Waals surface area contributed by atoms with Gasteiger partial charge in [0.15, 0.2) is 0 Å². The molecule has 0 spiro atoms. The highest BCUT2D eigenvalue weighted by Crippen LogP contribution is 2.17. The molecule has 1 aromatic rings. The molecule has 0 bridgehead atoms. The van der Waals surface area contributed by atoms with E-state index >= 15 is 0 Å². The van der Waals surface area contributed by atoms with Crippen molar-refractivity contribution in [2.45, 2.75) is 24.6 Å². The number of hydrogen-bond acceptors (Lipinski definition) is 3. The molecule has 1 fully saturated rings. The summed E-state index contributed by atoms with van der Waals surface area (Å²) in [5, 5.41) is 0.757. The molecule has 2 N–H and O–H groups in total. The summed E-state index contributed by atoms with van der Waals surface area (Å²) in [6.07, 6.45) is 0.985. The average Bonchev–Trinajstić information content (AvgIpc) is 2.30. The van der Waals surface area contributed by atoms with Gasteiger partial charge >= 0.3 is 0 Å². The Morgan fingerprint density at radius 2 is 2.18 bits per heavy atom. The topological polar surface area (TPSA) is 29.3 Å². The van der Waals surface area contributed by atoms with Gasteiger partial charge in [-0.3, -0.25) is 4.90 Å². The molecule has 1 aliphatic heterocycles. The zero-order chi connectivity index (χ0) is 12.1. The first-order chi connectivity index (χ1) is 8.24. The van der Waals surface area contributed by atoms with Crippen LogP contribution in [-0.4, -0.2) is 41.6 Å². The van der Waals surface area contributed by atoms with E-state index < -0.39 is 0 Å². The molecule has 2 rings (SSSR count). The molecule has 2 atom stereocenters. The Labute approximate surface area is 109 Å². The van der Waals surface area contributed by atoms with Crippen LogP contribution in [0.5, 0.6) is 0 Å². The van der Waals surface area contributed by atoms with Gasteiger partial charge in [0.05, 0.1) is 0 Å². The molecular weight excluding hydrogens is 228 g/mol. The van der Waals surface area contributed by atoms with Crippen LogP contribution in [-0.2, 0) is 6.42 Å². The highest BCUT2D eigenvalue weighted by Gasteiger charge is 2.18. The number of nitrogens with zero attached hydrogens (tertiary/aromatic N) is 1. The summed E-state index contributed by atoms with van der Waals surface area (Å²) in [7, 11) is 0. The zero-order valence-corrected chi connectivity index (χ0v) is 11.3. The van der Waals surface area contributed by atoms with Gasteiger partial charge < -0.3 is 5.73 Å². The lowest BCUT2D eigenvalue weighted by Crippen LogP contribution is -2.44. The van der Waals surface area contributed by atoms with Gasteiger partial charge in [0.25, 0.3) is 0 Å². The summed E-state index contributed by atoms with van der Waals surface area (Å²) in [4.78, 5) is 2.51. The Bertz CT molecular complexity index is 328. The first-order valence-electron chi connectivity index (χ1n) is 6.37. The Kier molecular flexibility index (Phi) is 4.89. The van der Waals surface area contributed by atoms with E-state index in [1.807, 2.05) is 0 Å². The van der Waals surface area contributed by atoms with Crippen LogP contribution >= 0.6 is 11.8 Å². The summed E-state index contributed by atoms with van der Waals surface area (Å²) in [5.41, 5.74) is 7.58. The summed E-state index contributed by atoms with van der Waals surface area (Å²) in [5.74, 6) is 1.25. The molecule has 17 heavy (non-hydrogen) atoms. The highest BCUT2D eigenvalue weighted by atomic mass is 32.2. The van der Waals surface area contributed by atoms with Crippen molar-refractivity contribution in [2.75, 3.05) is 25.4 Å². The Hall–Kier alpha value is -0.510. The molecule has 3 heteroatoms. The van der Waals surface area contributed by atoms with Gasteiger partial charge in [-0.2, -0.15) is 11.8 Å². The molecule has 1 saturated heterocycles. The maximum absolute atomic E-state index is 6.23. The van der Waals surface area contributed by atoms with Gasteiger partial charge in [0.2, 0.25) is 0 Å². The van der Waals surface area contributed by atoms with Crippen molar-refractivity contribution in [1.29, 1.82) is 0 Å². The number of thioether (sulfide) groups is 1. The molecule has 1 aliphatic rings. The molecule has 0 radical (unpaired) electrons. The molecule has 0 aliphatic carbocycles. The standard InChI is InChI=1S/C14H22N2S/c1-12-10-16(7-8-17-12)11-14(15)9-13-5-3-2-4-6-13/h2-6,12,14H,7-11,15H2,1H3. The number of rotatable bonds is 4. The lowest BCUT2D eigenvalue weighted by molar-refractivity contribution is 0.267. The highest BCUT2D eigenvalue weighted by molar-refractivity contribution is 7.99. The van der Waals surface area contributed by atoms with Crippen molar-refractivity contribution in [3.8, 4) is 0 Å². The van der Waals surface area contributed by atoms with Gasteiger partial charge in [-0.05, 0) is 12.0 Å². The van der Waals surface area contributed by atoms with Crippen molar-refractivity contribution < 1.29 is 0 Å². The van der Waals surface area contributed by atoms with Crippen LogP contribution in [0.4, 0.5) is 0 Å². The predicted molar refractivity (Wildman–Crippen MR) is 76.5 cm³/mol. The minimum absolute atomic E-state index is 0.257. The van der Waals surface area contributed by atoms with Crippen molar-refractivity contribution in [2.24, 2.45) is 5.73 Å². The molecule has 2 unspecified atom stereocenters. The average molecular weight is 250 g/mol. The Morgan fingerprint density at radius 3 is 2.88 bits per heavy atom. The van der Waals surface area contributed by atoms with Gasteiger partial charge in [-0.15, -0.1) is 0 Å². The zero-order valence-electron chi connectivity index (χ0n) is 10.5. The smallest absolute Gasteiger partial charge is 0.0208 e. The number of nitrogens with two attached hydrogens (primary N) is 1. The maximum atomic E-state index is 6.23. The van der Waals surface area contributed by atoms with E-state index in [1.54, 1.807) is 0 Å². The lowest BCUT2D eigenvalue weighted by Gasteiger charge is -2.32. The maximum Gasteiger partial charge on any atom is 0.0208 e. The predicted octanol–water partition coefficient (Wildman–Crippen LogP) is 1.99. The molecule has 0 saturated carbocycles. The monoisotopic (exact) mass is 250 g/mol. The minimum atomic E-state index is 0.257. The largest absolute Gasteiger partial charge is 0.326 e. The van der Waals surface area contributed by atoms with Gasteiger partial charge in [-0.25, -0.2) is 0 Å². The first kappa shape index (κ1) is 12.9. The summed E-state index contributed by atoms with van der Waals surface area (Å²) in [6.45, 7) is 5.71. The third-order valence-electron chi connectivity index (χ3n) is 3.16. The third kappa shape index (κ3) is 4.34. The molecule has 1 heterocycles. The Morgan fingerprint density at radius 1 is 1.41 bits per heavy atom. The summed E-state index contributed by atoms with van der Waals surface area (Å²) < 4.78 is 0. The van der Waals surface area contributed by atoms with Gasteiger partial charge in [-0.1, -0.05) is 37.3 Å². The fraction of sp³-hybridized carbons (Fsp3) is 0.571. The fourth-order valence-corrected chi connectivity index (χ4v) is 3.45. The van der Waals surface area contributed by atoms with Crippen LogP contribution in [0.3, 0.4) is 0 Å². The van der Waals surface area contributed by atoms with Crippen molar-refractivity contribution >= 4 is 11.8 Å². The van der Waals surface area contributed by atoms with Crippen LogP contribution in [0.2, 0.25) is 0 Å². The SMILES string of the molecule is CC1CN(CC(N)Cc2ccccc2)CCS1. The molecular formula is C14H22N2S. The fourth-order valence-electron chi connectivity index (χ4n) is 2.37. The quantitative estimate of drug-likeness (QED) is 0.886. The molecule has 94 valence electrons. The second-order valence-electron chi connectivity index (χ2n) is 4.89. The number of benzene rings is 1. The van der Waals surface area contributed by atoms with Gasteiger partial charge in [0, 0.05) is 36.7 Å². The number of hydrogen-bond donors (Lipinski definition) is 1. The molecule has 0 aromatic heterocycles. The first-order valence-corrected chi connectivity index (χ1v) is 7.42. The van der Waals surface area contributed by atoms with E-state index in [9.17, 15) is 0 Å². The normalized spacial score (nSPS) is 23.5. The Balaban J connectivity index is 1.79. The van der Waals surface area contributed by atoms with E-state index in [0.29, 0.717) is 0 Å².